The van der Waals surface area contributed by atoms with Crippen LogP contribution in [0.3, 0.4) is 0 Å². The van der Waals surface area contributed by atoms with Crippen molar-refractivity contribution in [2.45, 2.75) is 26.3 Å². The second-order valence-corrected chi connectivity index (χ2v) is 5.93. The Bertz CT molecular complexity index is 666. The number of hydrogen-bond donors (Lipinski definition) is 0. The van der Waals surface area contributed by atoms with E-state index in [-0.39, 0.29) is 11.7 Å². The smallest absolute Gasteiger partial charge is 0.241 e. The molecule has 1 atom stereocenters. The Balaban J connectivity index is 1.65. The Hall–Kier alpha value is -2.21. The summed E-state index contributed by atoms with van der Waals surface area (Å²) in [6.45, 7) is 4.00. The molecule has 122 valence electrons. The van der Waals surface area contributed by atoms with Gasteiger partial charge in [-0.25, -0.2) is 0 Å². The third kappa shape index (κ3) is 3.76. The molecule has 23 heavy (non-hydrogen) atoms. The molecular formula is C17H21N3O3. The second kappa shape index (κ2) is 6.91. The van der Waals surface area contributed by atoms with Gasteiger partial charge in [0.1, 0.15) is 11.5 Å². The number of ether oxygens (including phenoxy) is 1. The average molecular weight is 315 g/mol. The normalized spacial score (nSPS) is 18.8. The van der Waals surface area contributed by atoms with Crippen molar-refractivity contribution < 1.29 is 14.1 Å². The molecule has 1 fully saturated rings. The fourth-order valence-electron chi connectivity index (χ4n) is 2.90. The van der Waals surface area contributed by atoms with Gasteiger partial charge in [-0.1, -0.05) is 5.16 Å². The lowest BCUT2D eigenvalue weighted by Gasteiger charge is -2.30. The molecule has 0 spiro atoms. The molecule has 6 nitrogen and oxygen atoms in total. The molecular weight excluding hydrogens is 294 g/mol. The SMILES string of the molecule is COc1ccc(-c2noc(CN3CCC[C@H](C(C)=O)C3)n2)cc1. The first-order chi connectivity index (χ1) is 11.2. The van der Waals surface area contributed by atoms with Gasteiger partial charge in [0, 0.05) is 18.0 Å². The van der Waals surface area contributed by atoms with Crippen LogP contribution in [0.15, 0.2) is 28.8 Å². The number of likely N-dealkylation sites (tertiary alicyclic amines) is 1. The Morgan fingerprint density at radius 2 is 2.17 bits per heavy atom. The lowest BCUT2D eigenvalue weighted by atomic mass is 9.95. The van der Waals surface area contributed by atoms with E-state index in [2.05, 4.69) is 15.0 Å². The molecule has 0 N–H and O–H groups in total. The Kier molecular flexibility index (Phi) is 4.71. The molecule has 0 bridgehead atoms. The minimum absolute atomic E-state index is 0.132. The summed E-state index contributed by atoms with van der Waals surface area (Å²) in [5.41, 5.74) is 0.890. The Morgan fingerprint density at radius 1 is 1.39 bits per heavy atom. The quantitative estimate of drug-likeness (QED) is 0.844. The van der Waals surface area contributed by atoms with Gasteiger partial charge in [0.2, 0.25) is 11.7 Å². The highest BCUT2D eigenvalue weighted by atomic mass is 16.5. The van der Waals surface area contributed by atoms with Crippen LogP contribution in [0.4, 0.5) is 0 Å². The number of benzene rings is 1. The number of methoxy groups -OCH3 is 1. The first-order valence-corrected chi connectivity index (χ1v) is 7.85. The summed E-state index contributed by atoms with van der Waals surface area (Å²) in [5.74, 6) is 2.34. The summed E-state index contributed by atoms with van der Waals surface area (Å²) in [7, 11) is 1.63. The van der Waals surface area contributed by atoms with E-state index in [1.165, 1.54) is 0 Å². The summed E-state index contributed by atoms with van der Waals surface area (Å²) in [4.78, 5) is 18.2. The molecule has 3 rings (SSSR count). The van der Waals surface area contributed by atoms with Crippen LogP contribution in [0, 0.1) is 5.92 Å². The molecule has 1 aromatic heterocycles. The van der Waals surface area contributed by atoms with E-state index in [1.54, 1.807) is 14.0 Å². The Morgan fingerprint density at radius 3 is 2.87 bits per heavy atom. The predicted octanol–water partition coefficient (Wildman–Crippen LogP) is 2.55. The molecule has 2 aromatic rings. The molecule has 1 aromatic carbocycles. The van der Waals surface area contributed by atoms with Crippen LogP contribution >= 0.6 is 0 Å². The van der Waals surface area contributed by atoms with Crippen LogP contribution in [-0.2, 0) is 11.3 Å². The van der Waals surface area contributed by atoms with Gasteiger partial charge < -0.3 is 9.26 Å². The number of Topliss-reactive ketones (excluding diaryl/α,β-unsaturated/α-hetero) is 1. The van der Waals surface area contributed by atoms with E-state index in [9.17, 15) is 4.79 Å². The zero-order valence-corrected chi connectivity index (χ0v) is 13.5. The third-order valence-corrected chi connectivity index (χ3v) is 4.26. The summed E-state index contributed by atoms with van der Waals surface area (Å²) in [5, 5.41) is 4.04. The van der Waals surface area contributed by atoms with Gasteiger partial charge in [0.05, 0.1) is 13.7 Å². The van der Waals surface area contributed by atoms with Crippen molar-refractivity contribution >= 4 is 5.78 Å². The maximum atomic E-state index is 11.5. The third-order valence-electron chi connectivity index (χ3n) is 4.26. The fraction of sp³-hybridized carbons (Fsp3) is 0.471. The number of ketones is 1. The van der Waals surface area contributed by atoms with Gasteiger partial charge in [-0.05, 0) is 50.6 Å². The molecule has 2 heterocycles. The number of piperidine rings is 1. The molecule has 0 saturated carbocycles. The molecule has 1 saturated heterocycles. The molecule has 0 amide bonds. The number of carbonyl (C=O) groups excluding carboxylic acids is 1. The van der Waals surface area contributed by atoms with Gasteiger partial charge in [-0.15, -0.1) is 0 Å². The predicted molar refractivity (Wildman–Crippen MR) is 85.0 cm³/mol. The zero-order valence-electron chi connectivity index (χ0n) is 13.5. The highest BCUT2D eigenvalue weighted by Crippen LogP contribution is 2.22. The van der Waals surface area contributed by atoms with E-state index in [4.69, 9.17) is 9.26 Å². The van der Waals surface area contributed by atoms with Crippen LogP contribution in [0.1, 0.15) is 25.7 Å². The van der Waals surface area contributed by atoms with Gasteiger partial charge in [0.25, 0.3) is 0 Å². The van der Waals surface area contributed by atoms with Crippen molar-refractivity contribution in [2.75, 3.05) is 20.2 Å². The molecule has 0 unspecified atom stereocenters. The Labute approximate surface area is 135 Å². The van der Waals surface area contributed by atoms with E-state index in [1.807, 2.05) is 24.3 Å². The highest BCUT2D eigenvalue weighted by Gasteiger charge is 2.24. The van der Waals surface area contributed by atoms with E-state index in [0.29, 0.717) is 18.3 Å². The van der Waals surface area contributed by atoms with E-state index < -0.39 is 0 Å². The van der Waals surface area contributed by atoms with Crippen LogP contribution in [0.5, 0.6) is 5.75 Å². The largest absolute Gasteiger partial charge is 0.497 e. The van der Waals surface area contributed by atoms with Crippen LogP contribution in [-0.4, -0.2) is 41.0 Å². The molecule has 1 aliphatic heterocycles. The standard InChI is InChI=1S/C17H21N3O3/c1-12(21)14-4-3-9-20(10-14)11-16-18-17(19-23-16)13-5-7-15(22-2)8-6-13/h5-8,14H,3-4,9-11H2,1-2H3/t14-/m0/s1. The monoisotopic (exact) mass is 315 g/mol. The summed E-state index contributed by atoms with van der Waals surface area (Å²) < 4.78 is 10.5. The molecule has 0 radical (unpaired) electrons. The summed E-state index contributed by atoms with van der Waals surface area (Å²) >= 11 is 0. The molecule has 0 aliphatic carbocycles. The van der Waals surface area contributed by atoms with Crippen molar-refractivity contribution in [3.63, 3.8) is 0 Å². The number of hydrogen-bond acceptors (Lipinski definition) is 6. The average Bonchev–Trinajstić information content (AvgIpc) is 3.03. The van der Waals surface area contributed by atoms with Gasteiger partial charge in [0.15, 0.2) is 0 Å². The minimum atomic E-state index is 0.132. The minimum Gasteiger partial charge on any atom is -0.497 e. The highest BCUT2D eigenvalue weighted by molar-refractivity contribution is 5.78. The first-order valence-electron chi connectivity index (χ1n) is 7.85. The zero-order chi connectivity index (χ0) is 16.2. The van der Waals surface area contributed by atoms with Crippen molar-refractivity contribution in [3.8, 4) is 17.1 Å². The van der Waals surface area contributed by atoms with Gasteiger partial charge >= 0.3 is 0 Å². The number of nitrogens with zero attached hydrogens (tertiary/aromatic N) is 3. The van der Waals surface area contributed by atoms with Gasteiger partial charge in [-0.3, -0.25) is 9.69 Å². The van der Waals surface area contributed by atoms with Crippen molar-refractivity contribution in [2.24, 2.45) is 5.92 Å². The van der Waals surface area contributed by atoms with Crippen molar-refractivity contribution in [3.05, 3.63) is 30.2 Å². The maximum absolute atomic E-state index is 11.5. The van der Waals surface area contributed by atoms with Gasteiger partial charge in [-0.2, -0.15) is 4.98 Å². The lowest BCUT2D eigenvalue weighted by Crippen LogP contribution is -2.37. The van der Waals surface area contributed by atoms with E-state index >= 15 is 0 Å². The number of aromatic nitrogens is 2. The summed E-state index contributed by atoms with van der Waals surface area (Å²) in [6.07, 6.45) is 2.01. The summed E-state index contributed by atoms with van der Waals surface area (Å²) in [6, 6.07) is 7.54. The van der Waals surface area contributed by atoms with Crippen molar-refractivity contribution in [1.29, 1.82) is 0 Å². The maximum Gasteiger partial charge on any atom is 0.241 e. The molecule has 6 heteroatoms. The molecule has 1 aliphatic rings. The lowest BCUT2D eigenvalue weighted by molar-refractivity contribution is -0.122. The number of carbonyl (C=O) groups is 1. The van der Waals surface area contributed by atoms with E-state index in [0.717, 1.165) is 37.2 Å². The first kappa shape index (κ1) is 15.7. The second-order valence-electron chi connectivity index (χ2n) is 5.93. The fourth-order valence-corrected chi connectivity index (χ4v) is 2.90. The van der Waals surface area contributed by atoms with Crippen LogP contribution in [0.25, 0.3) is 11.4 Å². The van der Waals surface area contributed by atoms with Crippen molar-refractivity contribution in [1.82, 2.24) is 15.0 Å². The number of rotatable bonds is 5. The van der Waals surface area contributed by atoms with Crippen LogP contribution < -0.4 is 4.74 Å². The van der Waals surface area contributed by atoms with Crippen LogP contribution in [0.2, 0.25) is 0 Å². The topological polar surface area (TPSA) is 68.5 Å².